The molecular weight excluding hydrogens is 494 g/mol. The van der Waals surface area contributed by atoms with Gasteiger partial charge in [-0.1, -0.05) is 12.1 Å². The van der Waals surface area contributed by atoms with E-state index in [1.807, 2.05) is 6.92 Å². The van der Waals surface area contributed by atoms with Crippen LogP contribution in [0.2, 0.25) is 0 Å². The van der Waals surface area contributed by atoms with Crippen LogP contribution in [0, 0.1) is 18.7 Å². The highest BCUT2D eigenvalue weighted by Gasteiger charge is 2.42. The summed E-state index contributed by atoms with van der Waals surface area (Å²) in [5, 5.41) is 0. The fourth-order valence-corrected chi connectivity index (χ4v) is 5.10. The van der Waals surface area contributed by atoms with Crippen LogP contribution in [0.4, 0.5) is 22.4 Å². The summed E-state index contributed by atoms with van der Waals surface area (Å²) >= 11 is 0. The number of hydrogen-bond acceptors (Lipinski definition) is 5. The maximum atomic E-state index is 13.6. The summed E-state index contributed by atoms with van der Waals surface area (Å²) in [6.07, 6.45) is -4.87. The molecule has 1 aliphatic carbocycles. The van der Waals surface area contributed by atoms with Gasteiger partial charge in [0.05, 0.1) is 30.8 Å². The van der Waals surface area contributed by atoms with Gasteiger partial charge in [-0.25, -0.2) is 14.2 Å². The largest absolute Gasteiger partial charge is 0.446 e. The van der Waals surface area contributed by atoms with Crippen LogP contribution in [0.25, 0.3) is 0 Å². The number of aromatic nitrogens is 2. The number of nitrogens with zero attached hydrogens (tertiary/aromatic N) is 3. The molecule has 1 aromatic carbocycles. The van der Waals surface area contributed by atoms with Crippen LogP contribution in [0.3, 0.4) is 0 Å². The first kappa shape index (κ1) is 27.1. The molecule has 2 heterocycles. The Kier molecular flexibility index (Phi) is 8.20. The van der Waals surface area contributed by atoms with Crippen molar-refractivity contribution in [2.75, 3.05) is 19.8 Å². The van der Waals surface area contributed by atoms with Crippen LogP contribution in [0.1, 0.15) is 61.3 Å². The number of aryl methyl sites for hydroxylation is 1. The van der Waals surface area contributed by atoms with Gasteiger partial charge in [0.1, 0.15) is 17.7 Å². The van der Waals surface area contributed by atoms with E-state index in [4.69, 9.17) is 9.47 Å². The van der Waals surface area contributed by atoms with Crippen molar-refractivity contribution < 1.29 is 31.8 Å². The highest BCUT2D eigenvalue weighted by atomic mass is 19.4. The molecule has 0 spiro atoms. The standard InChI is InChI=1S/C26H31F4N3O4/c1-3-36-15-23(17-4-8-19(27)9-5-17)33-16(2)31-22-14-32(13-12-21(22)24(33)34)25(35)37-20-10-6-18(7-11-20)26(28,29)30/h4-5,8-9,18,20,23H,3,6-7,10-15H2,1-2H3. The van der Waals surface area contributed by atoms with Crippen LogP contribution in [0.15, 0.2) is 29.1 Å². The van der Waals surface area contributed by atoms with Gasteiger partial charge >= 0.3 is 12.3 Å². The zero-order valence-corrected chi connectivity index (χ0v) is 20.9. The maximum absolute atomic E-state index is 13.6. The van der Waals surface area contributed by atoms with Gasteiger partial charge in [-0.05, 0) is 63.6 Å². The summed E-state index contributed by atoms with van der Waals surface area (Å²) in [6.45, 7) is 4.50. The molecule has 0 saturated heterocycles. The molecule has 1 fully saturated rings. The topological polar surface area (TPSA) is 73.7 Å². The lowest BCUT2D eigenvalue weighted by molar-refractivity contribution is -0.186. The quantitative estimate of drug-likeness (QED) is 0.500. The molecule has 1 unspecified atom stereocenters. The van der Waals surface area contributed by atoms with Gasteiger partial charge < -0.3 is 14.4 Å². The molecule has 0 radical (unpaired) electrons. The monoisotopic (exact) mass is 525 g/mol. The Morgan fingerprint density at radius 1 is 1.16 bits per heavy atom. The molecule has 1 atom stereocenters. The van der Waals surface area contributed by atoms with E-state index in [9.17, 15) is 27.2 Å². The number of carbonyl (C=O) groups is 1. The number of ether oxygens (including phenoxy) is 2. The maximum Gasteiger partial charge on any atom is 0.410 e. The van der Waals surface area contributed by atoms with Crippen LogP contribution < -0.4 is 5.56 Å². The summed E-state index contributed by atoms with van der Waals surface area (Å²) < 4.78 is 64.9. The minimum Gasteiger partial charge on any atom is -0.446 e. The number of rotatable bonds is 6. The third kappa shape index (κ3) is 6.14. The van der Waals surface area contributed by atoms with Gasteiger partial charge in [-0.2, -0.15) is 13.2 Å². The average Bonchev–Trinajstić information content (AvgIpc) is 2.86. The van der Waals surface area contributed by atoms with Gasteiger partial charge in [0.25, 0.3) is 5.56 Å². The lowest BCUT2D eigenvalue weighted by Gasteiger charge is -2.33. The van der Waals surface area contributed by atoms with E-state index in [-0.39, 0.29) is 63.2 Å². The Morgan fingerprint density at radius 2 is 1.84 bits per heavy atom. The summed E-state index contributed by atoms with van der Waals surface area (Å²) in [5.74, 6) is -1.30. The Hall–Kier alpha value is -2.95. The first-order chi connectivity index (χ1) is 17.6. The molecule has 7 nitrogen and oxygen atoms in total. The summed E-state index contributed by atoms with van der Waals surface area (Å²) in [4.78, 5) is 32.4. The molecule has 37 heavy (non-hydrogen) atoms. The van der Waals surface area contributed by atoms with Crippen LogP contribution in [-0.4, -0.2) is 52.6 Å². The number of benzene rings is 1. The van der Waals surface area contributed by atoms with Crippen LogP contribution >= 0.6 is 0 Å². The SMILES string of the molecule is CCOCC(c1ccc(F)cc1)n1c(C)nc2c(c1=O)CCN(C(=O)OC1CCC(C(F)(F)F)CC1)C2. The van der Waals surface area contributed by atoms with E-state index >= 15 is 0 Å². The van der Waals surface area contributed by atoms with E-state index in [0.717, 1.165) is 0 Å². The lowest BCUT2D eigenvalue weighted by atomic mass is 9.87. The normalized spacial score (nSPS) is 20.9. The van der Waals surface area contributed by atoms with E-state index < -0.39 is 30.3 Å². The highest BCUT2D eigenvalue weighted by Crippen LogP contribution is 2.38. The summed E-state index contributed by atoms with van der Waals surface area (Å²) in [6, 6.07) is 5.40. The summed E-state index contributed by atoms with van der Waals surface area (Å²) in [5.41, 5.74) is 1.43. The third-order valence-corrected chi connectivity index (χ3v) is 7.15. The molecule has 1 aromatic heterocycles. The Morgan fingerprint density at radius 3 is 2.46 bits per heavy atom. The minimum absolute atomic E-state index is 0.0540. The predicted molar refractivity (Wildman–Crippen MR) is 127 cm³/mol. The molecule has 202 valence electrons. The van der Waals surface area contributed by atoms with Gasteiger partial charge in [-0.3, -0.25) is 9.36 Å². The third-order valence-electron chi connectivity index (χ3n) is 7.15. The molecule has 1 aliphatic heterocycles. The molecule has 4 rings (SSSR count). The van der Waals surface area contributed by atoms with Crippen molar-refractivity contribution in [1.29, 1.82) is 0 Å². The van der Waals surface area contributed by atoms with E-state index in [2.05, 4.69) is 4.98 Å². The first-order valence-corrected chi connectivity index (χ1v) is 12.5. The van der Waals surface area contributed by atoms with Gasteiger partial charge in [0, 0.05) is 18.7 Å². The van der Waals surface area contributed by atoms with E-state index in [1.54, 1.807) is 23.6 Å². The number of alkyl halides is 3. The van der Waals surface area contributed by atoms with Crippen molar-refractivity contribution in [3.63, 3.8) is 0 Å². The molecule has 1 saturated carbocycles. The van der Waals surface area contributed by atoms with Gasteiger partial charge in [0.2, 0.25) is 0 Å². The number of amides is 1. The smallest absolute Gasteiger partial charge is 0.410 e. The molecule has 0 bridgehead atoms. The fourth-order valence-electron chi connectivity index (χ4n) is 5.10. The molecule has 2 aliphatic rings. The molecule has 11 heteroatoms. The van der Waals surface area contributed by atoms with Crippen molar-refractivity contribution in [2.24, 2.45) is 5.92 Å². The Balaban J connectivity index is 1.49. The average molecular weight is 526 g/mol. The van der Waals surface area contributed by atoms with Crippen LogP contribution in [0.5, 0.6) is 0 Å². The van der Waals surface area contributed by atoms with Crippen molar-refractivity contribution in [3.05, 3.63) is 63.1 Å². The minimum atomic E-state index is -4.22. The fraction of sp³-hybridized carbons (Fsp3) is 0.577. The Labute approximate surface area is 212 Å². The summed E-state index contributed by atoms with van der Waals surface area (Å²) in [7, 11) is 0. The second kappa shape index (κ2) is 11.2. The molecule has 1 amide bonds. The van der Waals surface area contributed by atoms with Gasteiger partial charge in [0.15, 0.2) is 0 Å². The zero-order chi connectivity index (χ0) is 26.7. The zero-order valence-electron chi connectivity index (χ0n) is 20.9. The molecular formula is C26H31F4N3O4. The van der Waals surface area contributed by atoms with E-state index in [0.29, 0.717) is 29.3 Å². The molecule has 2 aromatic rings. The second-order valence-corrected chi connectivity index (χ2v) is 9.56. The second-order valence-electron chi connectivity index (χ2n) is 9.56. The van der Waals surface area contributed by atoms with Gasteiger partial charge in [-0.15, -0.1) is 0 Å². The highest BCUT2D eigenvalue weighted by molar-refractivity contribution is 5.68. The number of halogens is 4. The van der Waals surface area contributed by atoms with E-state index in [1.165, 1.54) is 17.0 Å². The number of fused-ring (bicyclic) bond motifs is 1. The van der Waals surface area contributed by atoms with Crippen molar-refractivity contribution in [2.45, 2.75) is 70.8 Å². The Bertz CT molecular complexity index is 1160. The van der Waals surface area contributed by atoms with Crippen molar-refractivity contribution >= 4 is 6.09 Å². The lowest BCUT2D eigenvalue weighted by Crippen LogP contribution is -2.43. The predicted octanol–water partition coefficient (Wildman–Crippen LogP) is 4.93. The van der Waals surface area contributed by atoms with Crippen LogP contribution in [-0.2, 0) is 22.4 Å². The molecule has 0 N–H and O–H groups in total. The number of hydrogen-bond donors (Lipinski definition) is 0. The first-order valence-electron chi connectivity index (χ1n) is 12.5. The number of carbonyl (C=O) groups excluding carboxylic acids is 1. The van der Waals surface area contributed by atoms with Crippen molar-refractivity contribution in [1.82, 2.24) is 14.5 Å². The van der Waals surface area contributed by atoms with Crippen molar-refractivity contribution in [3.8, 4) is 0 Å².